The van der Waals surface area contributed by atoms with Crippen LogP contribution in [0.5, 0.6) is 0 Å². The minimum Gasteiger partial charge on any atom is -0.312 e. The van der Waals surface area contributed by atoms with Crippen LogP contribution in [0.2, 0.25) is 0 Å². The third-order valence-corrected chi connectivity index (χ3v) is 4.47. The highest BCUT2D eigenvalue weighted by Crippen LogP contribution is 2.29. The summed E-state index contributed by atoms with van der Waals surface area (Å²) in [5.74, 6) is 0.794. The lowest BCUT2D eigenvalue weighted by Crippen LogP contribution is -2.46. The quantitative estimate of drug-likeness (QED) is 0.747. The molecular formula is C16H32N2. The summed E-state index contributed by atoms with van der Waals surface area (Å²) in [5.41, 5.74) is 0. The topological polar surface area (TPSA) is 15.3 Å². The first-order valence-electron chi connectivity index (χ1n) is 8.16. The summed E-state index contributed by atoms with van der Waals surface area (Å²) in [7, 11) is 0. The van der Waals surface area contributed by atoms with Crippen LogP contribution < -0.4 is 5.32 Å². The van der Waals surface area contributed by atoms with Gasteiger partial charge in [0.15, 0.2) is 0 Å². The van der Waals surface area contributed by atoms with Gasteiger partial charge in [0, 0.05) is 31.2 Å². The molecule has 0 radical (unpaired) electrons. The molecule has 0 heterocycles. The smallest absolute Gasteiger partial charge is 0.0195 e. The van der Waals surface area contributed by atoms with E-state index in [1.165, 1.54) is 58.0 Å². The molecule has 2 aliphatic rings. The minimum absolute atomic E-state index is 0.710. The molecule has 0 aliphatic heterocycles. The summed E-state index contributed by atoms with van der Waals surface area (Å²) in [6.07, 6.45) is 9.99. The number of hydrogen-bond acceptors (Lipinski definition) is 2. The standard InChI is InChI=1S/C16H32N2/c1-13(2)12-18(16-9-10-16)14(3)11-17-15-7-5-4-6-8-15/h13-17H,4-12H2,1-3H3. The van der Waals surface area contributed by atoms with Gasteiger partial charge in [-0.3, -0.25) is 4.90 Å². The van der Waals surface area contributed by atoms with Gasteiger partial charge < -0.3 is 5.32 Å². The van der Waals surface area contributed by atoms with E-state index in [4.69, 9.17) is 0 Å². The number of nitrogens with zero attached hydrogens (tertiary/aromatic N) is 1. The lowest BCUT2D eigenvalue weighted by Gasteiger charge is -2.33. The Hall–Kier alpha value is -0.0800. The molecule has 2 heteroatoms. The van der Waals surface area contributed by atoms with Crippen LogP contribution in [0, 0.1) is 5.92 Å². The highest BCUT2D eigenvalue weighted by atomic mass is 15.2. The van der Waals surface area contributed by atoms with Gasteiger partial charge in [0.2, 0.25) is 0 Å². The Labute approximate surface area is 114 Å². The normalized spacial score (nSPS) is 23.8. The van der Waals surface area contributed by atoms with Crippen LogP contribution in [0.1, 0.15) is 65.7 Å². The van der Waals surface area contributed by atoms with Crippen LogP contribution in [0.3, 0.4) is 0 Å². The molecule has 0 amide bonds. The van der Waals surface area contributed by atoms with E-state index < -0.39 is 0 Å². The second-order valence-electron chi connectivity index (χ2n) is 6.91. The Bertz CT molecular complexity index is 229. The van der Waals surface area contributed by atoms with Crippen LogP contribution in [0.15, 0.2) is 0 Å². The van der Waals surface area contributed by atoms with Gasteiger partial charge in [-0.1, -0.05) is 33.1 Å². The second kappa shape index (κ2) is 6.91. The molecule has 106 valence electrons. The second-order valence-corrected chi connectivity index (χ2v) is 6.91. The maximum atomic E-state index is 3.82. The maximum Gasteiger partial charge on any atom is 0.0195 e. The zero-order valence-electron chi connectivity index (χ0n) is 12.6. The first-order chi connectivity index (χ1) is 8.66. The minimum atomic E-state index is 0.710. The van der Waals surface area contributed by atoms with Crippen molar-refractivity contribution in [1.29, 1.82) is 0 Å². The predicted molar refractivity (Wildman–Crippen MR) is 78.9 cm³/mol. The predicted octanol–water partition coefficient (Wildman–Crippen LogP) is 3.42. The Morgan fingerprint density at radius 2 is 1.67 bits per heavy atom. The molecule has 0 aromatic heterocycles. The molecule has 0 saturated heterocycles. The van der Waals surface area contributed by atoms with E-state index in [1.807, 2.05) is 0 Å². The van der Waals surface area contributed by atoms with Crippen molar-refractivity contribution >= 4 is 0 Å². The van der Waals surface area contributed by atoms with Crippen LogP contribution in [0.25, 0.3) is 0 Å². The molecule has 1 N–H and O–H groups in total. The van der Waals surface area contributed by atoms with Crippen LogP contribution in [-0.2, 0) is 0 Å². The van der Waals surface area contributed by atoms with Crippen molar-refractivity contribution in [2.45, 2.75) is 83.8 Å². The summed E-state index contributed by atoms with van der Waals surface area (Å²) in [5, 5.41) is 3.82. The van der Waals surface area contributed by atoms with Crippen molar-refractivity contribution in [3.8, 4) is 0 Å². The van der Waals surface area contributed by atoms with Gasteiger partial charge in [-0.2, -0.15) is 0 Å². The number of hydrogen-bond donors (Lipinski definition) is 1. The highest BCUT2D eigenvalue weighted by Gasteiger charge is 2.32. The van der Waals surface area contributed by atoms with Crippen LogP contribution in [-0.4, -0.2) is 36.1 Å². The molecule has 18 heavy (non-hydrogen) atoms. The van der Waals surface area contributed by atoms with E-state index in [0.29, 0.717) is 6.04 Å². The van der Waals surface area contributed by atoms with E-state index in [-0.39, 0.29) is 0 Å². The summed E-state index contributed by atoms with van der Waals surface area (Å²) in [6, 6.07) is 2.42. The fourth-order valence-electron chi connectivity index (χ4n) is 3.28. The van der Waals surface area contributed by atoms with Crippen molar-refractivity contribution in [3.63, 3.8) is 0 Å². The average molecular weight is 252 g/mol. The fraction of sp³-hybridized carbons (Fsp3) is 1.00. The first-order valence-corrected chi connectivity index (χ1v) is 8.16. The summed E-state index contributed by atoms with van der Waals surface area (Å²) in [6.45, 7) is 9.57. The van der Waals surface area contributed by atoms with Crippen molar-refractivity contribution in [2.75, 3.05) is 13.1 Å². The molecule has 2 fully saturated rings. The summed E-state index contributed by atoms with van der Waals surface area (Å²) in [4.78, 5) is 2.75. The largest absolute Gasteiger partial charge is 0.312 e. The van der Waals surface area contributed by atoms with Crippen molar-refractivity contribution in [2.24, 2.45) is 5.92 Å². The molecule has 0 spiro atoms. The monoisotopic (exact) mass is 252 g/mol. The van der Waals surface area contributed by atoms with Gasteiger partial charge in [-0.15, -0.1) is 0 Å². The van der Waals surface area contributed by atoms with Crippen molar-refractivity contribution in [1.82, 2.24) is 10.2 Å². The van der Waals surface area contributed by atoms with Gasteiger partial charge >= 0.3 is 0 Å². The third-order valence-electron chi connectivity index (χ3n) is 4.47. The maximum absolute atomic E-state index is 3.82. The number of rotatable bonds is 7. The first kappa shape index (κ1) is 14.3. The Balaban J connectivity index is 1.72. The molecule has 0 aromatic carbocycles. The molecule has 1 unspecified atom stereocenters. The zero-order chi connectivity index (χ0) is 13.0. The van der Waals surface area contributed by atoms with Gasteiger partial charge in [0.1, 0.15) is 0 Å². The summed E-state index contributed by atoms with van der Waals surface area (Å²) >= 11 is 0. The lowest BCUT2D eigenvalue weighted by molar-refractivity contribution is 0.167. The molecule has 2 saturated carbocycles. The average Bonchev–Trinajstić information content (AvgIpc) is 3.18. The van der Waals surface area contributed by atoms with Crippen LogP contribution in [0.4, 0.5) is 0 Å². The Kier molecular flexibility index (Phi) is 5.50. The number of nitrogens with one attached hydrogen (secondary N) is 1. The van der Waals surface area contributed by atoms with E-state index in [1.54, 1.807) is 0 Å². The lowest BCUT2D eigenvalue weighted by atomic mass is 9.95. The molecule has 2 rings (SSSR count). The molecular weight excluding hydrogens is 220 g/mol. The zero-order valence-corrected chi connectivity index (χ0v) is 12.6. The van der Waals surface area contributed by atoms with E-state index >= 15 is 0 Å². The molecule has 2 nitrogen and oxygen atoms in total. The van der Waals surface area contributed by atoms with E-state index in [9.17, 15) is 0 Å². The van der Waals surface area contributed by atoms with Crippen molar-refractivity contribution in [3.05, 3.63) is 0 Å². The Morgan fingerprint density at radius 1 is 1.00 bits per heavy atom. The van der Waals surface area contributed by atoms with Gasteiger partial charge in [0.05, 0.1) is 0 Å². The summed E-state index contributed by atoms with van der Waals surface area (Å²) < 4.78 is 0. The molecule has 2 aliphatic carbocycles. The Morgan fingerprint density at radius 3 is 2.22 bits per heavy atom. The molecule has 1 atom stereocenters. The molecule has 0 bridgehead atoms. The van der Waals surface area contributed by atoms with Gasteiger partial charge in [0.25, 0.3) is 0 Å². The fourth-order valence-corrected chi connectivity index (χ4v) is 3.28. The molecule has 0 aromatic rings. The van der Waals surface area contributed by atoms with E-state index in [2.05, 4.69) is 31.0 Å². The highest BCUT2D eigenvalue weighted by molar-refractivity contribution is 4.89. The van der Waals surface area contributed by atoms with Crippen LogP contribution >= 0.6 is 0 Å². The van der Waals surface area contributed by atoms with Gasteiger partial charge in [-0.25, -0.2) is 0 Å². The van der Waals surface area contributed by atoms with E-state index in [0.717, 1.165) is 18.0 Å². The van der Waals surface area contributed by atoms with Crippen molar-refractivity contribution < 1.29 is 0 Å². The SMILES string of the molecule is CC(C)CN(C(C)CNC1CCCCC1)C1CC1. The van der Waals surface area contributed by atoms with Gasteiger partial charge in [-0.05, 0) is 38.5 Å². The third kappa shape index (κ3) is 4.55.